The number of carbonyl (C=O) groups is 1. The first-order valence-electron chi connectivity index (χ1n) is 7.06. The van der Waals surface area contributed by atoms with Gasteiger partial charge in [-0.3, -0.25) is 4.79 Å². The van der Waals surface area contributed by atoms with Crippen LogP contribution in [0.5, 0.6) is 0 Å². The SMILES string of the molecule is CC[C@H](NC(=O)Cc1ccc(SC)cc1)c1ncc(C)[nH]1. The molecular formula is C16H21N3OS. The zero-order valence-corrected chi connectivity index (χ0v) is 13.5. The van der Waals surface area contributed by atoms with E-state index in [0.717, 1.165) is 23.5 Å². The lowest BCUT2D eigenvalue weighted by Gasteiger charge is -2.14. The smallest absolute Gasteiger partial charge is 0.225 e. The fourth-order valence-corrected chi connectivity index (χ4v) is 2.56. The molecule has 4 nitrogen and oxygen atoms in total. The number of hydrogen-bond donors (Lipinski definition) is 2. The van der Waals surface area contributed by atoms with E-state index in [1.165, 1.54) is 4.90 Å². The van der Waals surface area contributed by atoms with Crippen molar-refractivity contribution in [1.29, 1.82) is 0 Å². The van der Waals surface area contributed by atoms with Crippen LogP contribution in [0.4, 0.5) is 0 Å². The van der Waals surface area contributed by atoms with Crippen molar-refractivity contribution in [2.75, 3.05) is 6.26 Å². The highest BCUT2D eigenvalue weighted by molar-refractivity contribution is 7.98. The first-order valence-corrected chi connectivity index (χ1v) is 8.28. The van der Waals surface area contributed by atoms with Crippen LogP contribution in [0.3, 0.4) is 0 Å². The number of carbonyl (C=O) groups excluding carboxylic acids is 1. The Kier molecular flexibility index (Phi) is 5.44. The normalized spacial score (nSPS) is 12.1. The summed E-state index contributed by atoms with van der Waals surface area (Å²) in [6, 6.07) is 8.03. The zero-order valence-electron chi connectivity index (χ0n) is 12.6. The second-order valence-electron chi connectivity index (χ2n) is 5.00. The van der Waals surface area contributed by atoms with E-state index in [0.29, 0.717) is 6.42 Å². The maximum atomic E-state index is 12.2. The highest BCUT2D eigenvalue weighted by atomic mass is 32.2. The molecule has 0 radical (unpaired) electrons. The van der Waals surface area contributed by atoms with Crippen molar-refractivity contribution in [3.05, 3.63) is 47.5 Å². The van der Waals surface area contributed by atoms with E-state index in [1.54, 1.807) is 18.0 Å². The summed E-state index contributed by atoms with van der Waals surface area (Å²) in [5, 5.41) is 3.04. The maximum Gasteiger partial charge on any atom is 0.225 e. The van der Waals surface area contributed by atoms with Crippen molar-refractivity contribution in [3.63, 3.8) is 0 Å². The Hall–Kier alpha value is -1.75. The average Bonchev–Trinajstić information content (AvgIpc) is 2.92. The molecule has 5 heteroatoms. The number of aromatic amines is 1. The van der Waals surface area contributed by atoms with Crippen LogP contribution in [0, 0.1) is 6.92 Å². The van der Waals surface area contributed by atoms with E-state index < -0.39 is 0 Å². The molecule has 112 valence electrons. The van der Waals surface area contributed by atoms with Gasteiger partial charge in [-0.1, -0.05) is 19.1 Å². The van der Waals surface area contributed by atoms with Crippen LogP contribution in [0.1, 0.15) is 36.5 Å². The van der Waals surface area contributed by atoms with Gasteiger partial charge in [-0.05, 0) is 37.3 Å². The molecule has 2 aromatic rings. The van der Waals surface area contributed by atoms with Gasteiger partial charge in [-0.25, -0.2) is 4.98 Å². The van der Waals surface area contributed by atoms with Gasteiger partial charge in [0, 0.05) is 16.8 Å². The summed E-state index contributed by atoms with van der Waals surface area (Å²) in [6.45, 7) is 3.99. The highest BCUT2D eigenvalue weighted by Crippen LogP contribution is 2.16. The Labute approximate surface area is 129 Å². The second kappa shape index (κ2) is 7.31. The van der Waals surface area contributed by atoms with E-state index in [2.05, 4.69) is 15.3 Å². The lowest BCUT2D eigenvalue weighted by atomic mass is 10.1. The first kappa shape index (κ1) is 15.6. The van der Waals surface area contributed by atoms with Crippen LogP contribution >= 0.6 is 11.8 Å². The number of aryl methyl sites for hydroxylation is 1. The molecule has 0 bridgehead atoms. The molecular weight excluding hydrogens is 282 g/mol. The summed E-state index contributed by atoms with van der Waals surface area (Å²) in [5.74, 6) is 0.842. The number of thioether (sulfide) groups is 1. The molecule has 0 spiro atoms. The van der Waals surface area contributed by atoms with E-state index in [9.17, 15) is 4.79 Å². The number of aromatic nitrogens is 2. The minimum Gasteiger partial charge on any atom is -0.346 e. The van der Waals surface area contributed by atoms with Crippen LogP contribution in [0.15, 0.2) is 35.4 Å². The Morgan fingerprint density at radius 3 is 2.62 bits per heavy atom. The van der Waals surface area contributed by atoms with Gasteiger partial charge in [-0.15, -0.1) is 11.8 Å². The number of benzene rings is 1. The van der Waals surface area contributed by atoms with Crippen molar-refractivity contribution >= 4 is 17.7 Å². The van der Waals surface area contributed by atoms with Gasteiger partial charge >= 0.3 is 0 Å². The number of H-pyrrole nitrogens is 1. The van der Waals surface area contributed by atoms with Crippen molar-refractivity contribution in [1.82, 2.24) is 15.3 Å². The molecule has 21 heavy (non-hydrogen) atoms. The van der Waals surface area contributed by atoms with E-state index in [1.807, 2.05) is 44.4 Å². The number of rotatable bonds is 6. The molecule has 1 aromatic carbocycles. The van der Waals surface area contributed by atoms with Crippen LogP contribution in [0.25, 0.3) is 0 Å². The van der Waals surface area contributed by atoms with Crippen molar-refractivity contribution in [2.24, 2.45) is 0 Å². The Morgan fingerprint density at radius 2 is 2.10 bits per heavy atom. The van der Waals surface area contributed by atoms with Gasteiger partial charge in [-0.2, -0.15) is 0 Å². The first-order chi connectivity index (χ1) is 10.1. The summed E-state index contributed by atoms with van der Waals surface area (Å²) in [4.78, 5) is 20.8. The molecule has 0 unspecified atom stereocenters. The van der Waals surface area contributed by atoms with E-state index >= 15 is 0 Å². The lowest BCUT2D eigenvalue weighted by Crippen LogP contribution is -2.30. The molecule has 2 rings (SSSR count). The Balaban J connectivity index is 1.96. The van der Waals surface area contributed by atoms with Gasteiger partial charge in [0.1, 0.15) is 5.82 Å². The monoisotopic (exact) mass is 303 g/mol. The molecule has 0 aliphatic heterocycles. The number of hydrogen-bond acceptors (Lipinski definition) is 3. The zero-order chi connectivity index (χ0) is 15.2. The van der Waals surface area contributed by atoms with Crippen molar-refractivity contribution in [3.8, 4) is 0 Å². The van der Waals surface area contributed by atoms with Crippen LogP contribution in [-0.2, 0) is 11.2 Å². The van der Waals surface area contributed by atoms with Crippen LogP contribution < -0.4 is 5.32 Å². The molecule has 0 aliphatic carbocycles. The van der Waals surface area contributed by atoms with E-state index in [4.69, 9.17) is 0 Å². The number of amides is 1. The largest absolute Gasteiger partial charge is 0.346 e. The summed E-state index contributed by atoms with van der Waals surface area (Å²) >= 11 is 1.70. The molecule has 0 saturated carbocycles. The third-order valence-corrected chi connectivity index (χ3v) is 4.06. The maximum absolute atomic E-state index is 12.2. The van der Waals surface area contributed by atoms with Gasteiger partial charge in [0.05, 0.1) is 12.5 Å². The van der Waals surface area contributed by atoms with Crippen LogP contribution in [-0.4, -0.2) is 22.1 Å². The summed E-state index contributed by atoms with van der Waals surface area (Å²) in [6.07, 6.45) is 5.03. The molecule has 0 fully saturated rings. The average molecular weight is 303 g/mol. The number of imidazole rings is 1. The van der Waals surface area contributed by atoms with Gasteiger partial charge in [0.25, 0.3) is 0 Å². The molecule has 0 saturated heterocycles. The molecule has 1 heterocycles. The topological polar surface area (TPSA) is 57.8 Å². The Bertz CT molecular complexity index is 592. The van der Waals surface area contributed by atoms with Gasteiger partial charge in [0.2, 0.25) is 5.91 Å². The molecule has 1 aromatic heterocycles. The third kappa shape index (κ3) is 4.36. The predicted molar refractivity (Wildman–Crippen MR) is 86.4 cm³/mol. The van der Waals surface area contributed by atoms with Crippen molar-refractivity contribution in [2.45, 2.75) is 37.6 Å². The fourth-order valence-electron chi connectivity index (χ4n) is 2.15. The number of nitrogens with one attached hydrogen (secondary N) is 2. The van der Waals surface area contributed by atoms with Crippen molar-refractivity contribution < 1.29 is 4.79 Å². The predicted octanol–water partition coefficient (Wildman–Crippen LogP) is 3.25. The quantitative estimate of drug-likeness (QED) is 0.805. The van der Waals surface area contributed by atoms with E-state index in [-0.39, 0.29) is 11.9 Å². The Morgan fingerprint density at radius 1 is 1.38 bits per heavy atom. The molecule has 2 N–H and O–H groups in total. The minimum absolute atomic E-state index is 0.0211. The summed E-state index contributed by atoms with van der Waals surface area (Å²) in [5.41, 5.74) is 2.03. The third-order valence-electron chi connectivity index (χ3n) is 3.32. The summed E-state index contributed by atoms with van der Waals surface area (Å²) < 4.78 is 0. The fraction of sp³-hybridized carbons (Fsp3) is 0.375. The number of nitrogens with zero attached hydrogens (tertiary/aromatic N) is 1. The van der Waals surface area contributed by atoms with Crippen LogP contribution in [0.2, 0.25) is 0 Å². The van der Waals surface area contributed by atoms with Gasteiger partial charge in [0.15, 0.2) is 0 Å². The molecule has 1 amide bonds. The summed E-state index contributed by atoms with van der Waals surface area (Å²) in [7, 11) is 0. The highest BCUT2D eigenvalue weighted by Gasteiger charge is 2.15. The minimum atomic E-state index is -0.0586. The lowest BCUT2D eigenvalue weighted by molar-refractivity contribution is -0.121. The van der Waals surface area contributed by atoms with Gasteiger partial charge < -0.3 is 10.3 Å². The second-order valence-corrected chi connectivity index (χ2v) is 5.88. The molecule has 1 atom stereocenters. The molecule has 0 aliphatic rings. The standard InChI is InChI=1S/C16H21N3OS/c1-4-14(16-17-10-11(2)18-16)19-15(20)9-12-5-7-13(21-3)8-6-12/h5-8,10,14H,4,9H2,1-3H3,(H,17,18)(H,19,20)/t14-/m0/s1.